The van der Waals surface area contributed by atoms with E-state index in [1.165, 1.54) is 0 Å². The molecule has 8 heteroatoms. The van der Waals surface area contributed by atoms with Crippen molar-refractivity contribution < 1.29 is 17.7 Å². The van der Waals surface area contributed by atoms with Gasteiger partial charge in [-0.15, -0.1) is 0 Å². The summed E-state index contributed by atoms with van der Waals surface area (Å²) in [4.78, 5) is 1.56. The smallest absolute Gasteiger partial charge is 0.295 e. The fourth-order valence-corrected chi connectivity index (χ4v) is 5.96. The first-order chi connectivity index (χ1) is 12.4. The number of para-hydroxylation sites is 1. The van der Waals surface area contributed by atoms with Crippen molar-refractivity contribution in [2.75, 3.05) is 0 Å². The van der Waals surface area contributed by atoms with Gasteiger partial charge in [-0.05, 0) is 24.5 Å². The molecule has 0 saturated carbocycles. The lowest BCUT2D eigenvalue weighted by molar-refractivity contribution is 0.0370. The van der Waals surface area contributed by atoms with Crippen LogP contribution in [0.2, 0.25) is 0 Å². The summed E-state index contributed by atoms with van der Waals surface area (Å²) in [6.07, 6.45) is 0.503. The van der Waals surface area contributed by atoms with Crippen LogP contribution in [0.1, 0.15) is 30.1 Å². The number of hydrogen-bond donors (Lipinski definition) is 1. The van der Waals surface area contributed by atoms with Crippen LogP contribution >= 0.6 is 0 Å². The van der Waals surface area contributed by atoms with Crippen molar-refractivity contribution in [3.05, 3.63) is 46.8 Å². The number of aliphatic hydroxyl groups is 1. The van der Waals surface area contributed by atoms with E-state index < -0.39 is 27.6 Å². The normalized spacial score (nSPS) is 31.7. The van der Waals surface area contributed by atoms with Crippen LogP contribution in [-0.2, 0) is 27.8 Å². The van der Waals surface area contributed by atoms with Crippen LogP contribution in [-0.4, -0.2) is 34.6 Å². The third kappa shape index (κ3) is 1.77. The molecule has 26 heavy (non-hydrogen) atoms. The van der Waals surface area contributed by atoms with Crippen LogP contribution in [0.4, 0.5) is 0 Å². The number of hydrogen-bond acceptors (Lipinski definition) is 6. The second kappa shape index (κ2) is 4.81. The summed E-state index contributed by atoms with van der Waals surface area (Å²) in [5, 5.41) is 22.4. The third-order valence-electron chi connectivity index (χ3n) is 5.98. The Kier molecular flexibility index (Phi) is 2.91. The number of nitrogens with zero attached hydrogens (tertiary/aromatic N) is 3. The second-order valence-electron chi connectivity index (χ2n) is 7.16. The molecule has 1 N–H and O–H groups in total. The molecule has 1 saturated heterocycles. The Labute approximate surface area is 150 Å². The Bertz CT molecular complexity index is 1130. The Morgan fingerprint density at radius 3 is 2.92 bits per heavy atom. The molecular formula is C18H17N3O4S. The van der Waals surface area contributed by atoms with E-state index >= 15 is 0 Å². The fraction of sp³-hybridized carbons (Fsp3) is 0.389. The van der Waals surface area contributed by atoms with Crippen LogP contribution in [0, 0.1) is 11.3 Å². The van der Waals surface area contributed by atoms with Gasteiger partial charge in [0.25, 0.3) is 10.1 Å². The standard InChI is InChI=1S/C18H17N3O4S/c1-20-13-5-3-2-4-11(13)12-8-15-18(10-19)7-6-14(17(12)20)21(18)16(22)9-26(23,24)25-15/h2-5,9,14-15,22H,6-8H2,1H3/t14-,15-,18?/m0/s1. The molecule has 5 rings (SSSR count). The van der Waals surface area contributed by atoms with Gasteiger partial charge in [-0.3, -0.25) is 4.18 Å². The Balaban J connectivity index is 1.87. The largest absolute Gasteiger partial charge is 0.494 e. The van der Waals surface area contributed by atoms with Crippen LogP contribution in [0.25, 0.3) is 10.9 Å². The van der Waals surface area contributed by atoms with Crippen molar-refractivity contribution in [3.63, 3.8) is 0 Å². The summed E-state index contributed by atoms with van der Waals surface area (Å²) in [6, 6.07) is 9.92. The van der Waals surface area contributed by atoms with Crippen LogP contribution in [0.3, 0.4) is 0 Å². The van der Waals surface area contributed by atoms with Crippen molar-refractivity contribution in [3.8, 4) is 6.07 Å². The molecule has 7 nitrogen and oxygen atoms in total. The molecule has 3 aliphatic rings. The summed E-state index contributed by atoms with van der Waals surface area (Å²) in [5.74, 6) is -0.422. The monoisotopic (exact) mass is 371 g/mol. The molecule has 134 valence electrons. The minimum Gasteiger partial charge on any atom is -0.494 e. The van der Waals surface area contributed by atoms with Gasteiger partial charge in [0.15, 0.2) is 5.54 Å². The van der Waals surface area contributed by atoms with Gasteiger partial charge in [-0.1, -0.05) is 18.2 Å². The zero-order chi connectivity index (χ0) is 18.3. The number of fused-ring (bicyclic) bond motifs is 4. The van der Waals surface area contributed by atoms with E-state index in [-0.39, 0.29) is 6.04 Å². The highest BCUT2D eigenvalue weighted by molar-refractivity contribution is 7.89. The van der Waals surface area contributed by atoms with Gasteiger partial charge >= 0.3 is 0 Å². The molecule has 1 unspecified atom stereocenters. The zero-order valence-corrected chi connectivity index (χ0v) is 14.9. The lowest BCUT2D eigenvalue weighted by atomic mass is 9.85. The molecule has 4 heterocycles. The molecule has 0 radical (unpaired) electrons. The van der Waals surface area contributed by atoms with E-state index in [1.54, 1.807) is 4.90 Å². The first kappa shape index (κ1) is 15.7. The summed E-state index contributed by atoms with van der Waals surface area (Å²) in [7, 11) is -2.10. The summed E-state index contributed by atoms with van der Waals surface area (Å²) in [6.45, 7) is 0. The lowest BCUT2D eigenvalue weighted by Crippen LogP contribution is -2.51. The number of benzene rings is 1. The topological polar surface area (TPSA) is 95.6 Å². The number of aryl methyl sites for hydroxylation is 1. The van der Waals surface area contributed by atoms with Crippen molar-refractivity contribution in [2.24, 2.45) is 7.05 Å². The quantitative estimate of drug-likeness (QED) is 0.714. The van der Waals surface area contributed by atoms with E-state index in [4.69, 9.17) is 4.18 Å². The minimum absolute atomic E-state index is 0.278. The fourth-order valence-electron chi connectivity index (χ4n) is 4.98. The highest BCUT2D eigenvalue weighted by Gasteiger charge is 2.59. The first-order valence-electron chi connectivity index (χ1n) is 8.49. The highest BCUT2D eigenvalue weighted by atomic mass is 32.2. The van der Waals surface area contributed by atoms with E-state index in [1.807, 2.05) is 31.3 Å². The number of rotatable bonds is 0. The predicted octanol–water partition coefficient (Wildman–Crippen LogP) is 2.22. The second-order valence-corrected chi connectivity index (χ2v) is 8.57. The molecule has 1 fully saturated rings. The van der Waals surface area contributed by atoms with Gasteiger partial charge in [0.05, 0.1) is 12.1 Å². The van der Waals surface area contributed by atoms with Gasteiger partial charge in [0.1, 0.15) is 11.5 Å². The zero-order valence-electron chi connectivity index (χ0n) is 14.1. The van der Waals surface area contributed by atoms with Crippen LogP contribution in [0.5, 0.6) is 0 Å². The molecule has 0 amide bonds. The summed E-state index contributed by atoms with van der Waals surface area (Å²) < 4.78 is 32.0. The SMILES string of the molecule is Cn1c2c(c3ccccc31)C[C@@H]1OS(=O)(=O)C=C(O)N3[C@H]2CCC13C#N. The average molecular weight is 371 g/mol. The van der Waals surface area contributed by atoms with E-state index in [2.05, 4.69) is 10.6 Å². The predicted molar refractivity (Wildman–Crippen MR) is 93.3 cm³/mol. The van der Waals surface area contributed by atoms with E-state index in [9.17, 15) is 18.8 Å². The number of nitriles is 1. The van der Waals surface area contributed by atoms with E-state index in [0.717, 1.165) is 27.6 Å². The molecule has 1 aromatic heterocycles. The van der Waals surface area contributed by atoms with Crippen LogP contribution < -0.4 is 0 Å². The summed E-state index contributed by atoms with van der Waals surface area (Å²) >= 11 is 0. The van der Waals surface area contributed by atoms with Gasteiger partial charge < -0.3 is 14.6 Å². The van der Waals surface area contributed by atoms with Crippen molar-refractivity contribution in [1.29, 1.82) is 5.26 Å². The number of aliphatic hydroxyl groups excluding tert-OH is 1. The molecule has 3 aliphatic heterocycles. The highest BCUT2D eigenvalue weighted by Crippen LogP contribution is 2.53. The summed E-state index contributed by atoms with van der Waals surface area (Å²) in [5.41, 5.74) is 1.84. The average Bonchev–Trinajstić information content (AvgIpc) is 3.04. The maximum atomic E-state index is 12.3. The van der Waals surface area contributed by atoms with Gasteiger partial charge in [0.2, 0.25) is 5.88 Å². The molecule has 0 spiro atoms. The Morgan fingerprint density at radius 2 is 2.15 bits per heavy atom. The molecule has 4 bridgehead atoms. The third-order valence-corrected chi connectivity index (χ3v) is 6.98. The Hall–Kier alpha value is -2.50. The Morgan fingerprint density at radius 1 is 1.38 bits per heavy atom. The van der Waals surface area contributed by atoms with Gasteiger partial charge in [0, 0.05) is 30.1 Å². The van der Waals surface area contributed by atoms with Crippen molar-refractivity contribution >= 4 is 21.0 Å². The van der Waals surface area contributed by atoms with Crippen molar-refractivity contribution in [2.45, 2.75) is 36.9 Å². The minimum atomic E-state index is -4.07. The molecule has 2 aromatic rings. The van der Waals surface area contributed by atoms with E-state index in [0.29, 0.717) is 19.3 Å². The molecule has 0 aliphatic carbocycles. The lowest BCUT2D eigenvalue weighted by Gasteiger charge is -2.37. The molecular weight excluding hydrogens is 354 g/mol. The van der Waals surface area contributed by atoms with Crippen LogP contribution in [0.15, 0.2) is 35.6 Å². The molecule has 1 aromatic carbocycles. The maximum absolute atomic E-state index is 12.3. The first-order valence-corrected chi connectivity index (χ1v) is 9.96. The maximum Gasteiger partial charge on any atom is 0.295 e. The van der Waals surface area contributed by atoms with Crippen molar-refractivity contribution in [1.82, 2.24) is 9.47 Å². The van der Waals surface area contributed by atoms with Gasteiger partial charge in [-0.25, -0.2) is 0 Å². The molecule has 3 atom stereocenters. The number of aromatic nitrogens is 1. The van der Waals surface area contributed by atoms with Gasteiger partial charge in [-0.2, -0.15) is 13.7 Å².